The van der Waals surface area contributed by atoms with Crippen LogP contribution in [0.2, 0.25) is 0 Å². The summed E-state index contributed by atoms with van der Waals surface area (Å²) in [6.45, 7) is 6.54. The van der Waals surface area contributed by atoms with Gasteiger partial charge >= 0.3 is 0 Å². The Morgan fingerprint density at radius 1 is 0.517 bits per heavy atom. The molecule has 7 aromatic carbocycles. The number of aromatic nitrogens is 4. The first kappa shape index (κ1) is 33.8. The number of allylic oxidation sites excluding steroid dienone is 5. The van der Waals surface area contributed by atoms with Crippen LogP contribution in [0.5, 0.6) is 0 Å². The quantitative estimate of drug-likeness (QED) is 0.138. The number of hydrogen-bond donors (Lipinski definition) is 0. The zero-order chi connectivity index (χ0) is 38.7. The molecular formula is C54H40N4. The summed E-state index contributed by atoms with van der Waals surface area (Å²) in [4.78, 5) is 0. The third-order valence-electron chi connectivity index (χ3n) is 11.8. The zero-order valence-corrected chi connectivity index (χ0v) is 32.2. The van der Waals surface area contributed by atoms with Gasteiger partial charge in [-0.1, -0.05) is 128 Å². The van der Waals surface area contributed by atoms with Crippen LogP contribution in [-0.2, 0) is 0 Å². The van der Waals surface area contributed by atoms with E-state index in [0.29, 0.717) is 0 Å². The summed E-state index contributed by atoms with van der Waals surface area (Å²) in [6, 6.07) is 61.2. The summed E-state index contributed by atoms with van der Waals surface area (Å²) in [7, 11) is 0. The van der Waals surface area contributed by atoms with Crippen molar-refractivity contribution in [1.82, 2.24) is 18.3 Å². The molecule has 4 heterocycles. The SMILES string of the molecule is C=C/C(=C\C=C/C(C)n1c2ccccc2c2c3c(ccc21)ccn3-c1ccccc1)c1cccc(-n2c3ccccc3c3c4c(ccc32)ccn4-c2ccccc2)c1. The first-order chi connectivity index (χ1) is 28.7. The monoisotopic (exact) mass is 744 g/mol. The van der Waals surface area contributed by atoms with Crippen LogP contribution in [0.25, 0.3) is 88.1 Å². The molecule has 4 aromatic heterocycles. The van der Waals surface area contributed by atoms with Gasteiger partial charge in [0.1, 0.15) is 0 Å². The molecule has 0 aliphatic heterocycles. The summed E-state index contributed by atoms with van der Waals surface area (Å²) in [5, 5.41) is 7.49. The fraction of sp³-hybridized carbons (Fsp3) is 0.0370. The van der Waals surface area contributed by atoms with Crippen LogP contribution in [0.3, 0.4) is 0 Å². The minimum atomic E-state index is 0.0953. The highest BCUT2D eigenvalue weighted by molar-refractivity contribution is 6.21. The van der Waals surface area contributed by atoms with Crippen molar-refractivity contribution in [2.24, 2.45) is 0 Å². The summed E-state index contributed by atoms with van der Waals surface area (Å²) in [5.74, 6) is 0. The topological polar surface area (TPSA) is 19.7 Å². The van der Waals surface area contributed by atoms with Gasteiger partial charge in [0.15, 0.2) is 0 Å². The molecule has 58 heavy (non-hydrogen) atoms. The van der Waals surface area contributed by atoms with Crippen molar-refractivity contribution in [2.45, 2.75) is 13.0 Å². The molecule has 0 aliphatic carbocycles. The van der Waals surface area contributed by atoms with Crippen LogP contribution in [0, 0.1) is 0 Å². The molecule has 11 rings (SSSR count). The maximum absolute atomic E-state index is 4.26. The van der Waals surface area contributed by atoms with Gasteiger partial charge in [-0.15, -0.1) is 0 Å². The van der Waals surface area contributed by atoms with Gasteiger partial charge in [-0.25, -0.2) is 0 Å². The zero-order valence-electron chi connectivity index (χ0n) is 32.2. The average Bonchev–Trinajstić information content (AvgIpc) is 4.06. The van der Waals surface area contributed by atoms with Crippen LogP contribution in [0.1, 0.15) is 18.5 Å². The Morgan fingerprint density at radius 2 is 1.07 bits per heavy atom. The van der Waals surface area contributed by atoms with Gasteiger partial charge in [0.05, 0.1) is 27.6 Å². The lowest BCUT2D eigenvalue weighted by Crippen LogP contribution is -2.01. The van der Waals surface area contributed by atoms with Crippen LogP contribution < -0.4 is 0 Å². The van der Waals surface area contributed by atoms with Gasteiger partial charge in [-0.3, -0.25) is 0 Å². The summed E-state index contributed by atoms with van der Waals surface area (Å²) in [6.07, 6.45) is 13.0. The van der Waals surface area contributed by atoms with Crippen molar-refractivity contribution in [1.29, 1.82) is 0 Å². The maximum Gasteiger partial charge on any atom is 0.0628 e. The van der Waals surface area contributed by atoms with Gasteiger partial charge in [-0.2, -0.15) is 0 Å². The van der Waals surface area contributed by atoms with Crippen LogP contribution in [0.15, 0.2) is 213 Å². The lowest BCUT2D eigenvalue weighted by atomic mass is 10.0. The molecule has 0 fully saturated rings. The molecule has 1 unspecified atom stereocenters. The highest BCUT2D eigenvalue weighted by Crippen LogP contribution is 2.40. The summed E-state index contributed by atoms with van der Waals surface area (Å²) >= 11 is 0. The van der Waals surface area contributed by atoms with Crippen molar-refractivity contribution in [3.63, 3.8) is 0 Å². The van der Waals surface area contributed by atoms with Gasteiger partial charge in [0.2, 0.25) is 0 Å². The first-order valence-electron chi connectivity index (χ1n) is 20.0. The van der Waals surface area contributed by atoms with Crippen LogP contribution in [-0.4, -0.2) is 18.3 Å². The smallest absolute Gasteiger partial charge is 0.0628 e. The van der Waals surface area contributed by atoms with E-state index < -0.39 is 0 Å². The molecule has 0 aliphatic rings. The average molecular weight is 745 g/mol. The van der Waals surface area contributed by atoms with Gasteiger partial charge in [0, 0.05) is 73.3 Å². The minimum Gasteiger partial charge on any atom is -0.334 e. The van der Waals surface area contributed by atoms with Gasteiger partial charge < -0.3 is 18.3 Å². The third kappa shape index (κ3) is 5.23. The van der Waals surface area contributed by atoms with E-state index in [4.69, 9.17) is 0 Å². The van der Waals surface area contributed by atoms with Gasteiger partial charge in [0.25, 0.3) is 0 Å². The Labute approximate surface area is 336 Å². The van der Waals surface area contributed by atoms with Crippen molar-refractivity contribution in [2.75, 3.05) is 0 Å². The molecule has 0 saturated heterocycles. The molecule has 11 aromatic rings. The Kier molecular flexibility index (Phi) is 7.90. The number of fused-ring (bicyclic) bond motifs is 10. The van der Waals surface area contributed by atoms with E-state index in [1.165, 1.54) is 65.4 Å². The number of rotatable bonds is 8. The van der Waals surface area contributed by atoms with Crippen LogP contribution in [0.4, 0.5) is 0 Å². The fourth-order valence-corrected chi connectivity index (χ4v) is 9.23. The molecule has 0 spiro atoms. The molecule has 0 N–H and O–H groups in total. The van der Waals surface area contributed by atoms with Crippen molar-refractivity contribution in [3.8, 4) is 17.1 Å². The van der Waals surface area contributed by atoms with Crippen molar-refractivity contribution in [3.05, 3.63) is 219 Å². The second kappa shape index (κ2) is 13.6. The normalized spacial score (nSPS) is 12.9. The van der Waals surface area contributed by atoms with E-state index in [1.54, 1.807) is 0 Å². The van der Waals surface area contributed by atoms with E-state index in [0.717, 1.165) is 28.2 Å². The first-order valence-corrected chi connectivity index (χ1v) is 20.0. The summed E-state index contributed by atoms with van der Waals surface area (Å²) in [5.41, 5.74) is 12.9. The number of benzene rings is 7. The molecule has 0 saturated carbocycles. The molecule has 0 bridgehead atoms. The summed E-state index contributed by atoms with van der Waals surface area (Å²) < 4.78 is 9.52. The highest BCUT2D eigenvalue weighted by atomic mass is 15.0. The van der Waals surface area contributed by atoms with E-state index in [-0.39, 0.29) is 6.04 Å². The van der Waals surface area contributed by atoms with E-state index in [1.807, 2.05) is 6.08 Å². The van der Waals surface area contributed by atoms with Crippen LogP contribution >= 0.6 is 0 Å². The van der Waals surface area contributed by atoms with Crippen molar-refractivity contribution < 1.29 is 0 Å². The van der Waals surface area contributed by atoms with Gasteiger partial charge in [-0.05, 0) is 90.9 Å². The number of hydrogen-bond acceptors (Lipinski definition) is 0. The van der Waals surface area contributed by atoms with E-state index >= 15 is 0 Å². The standard InChI is InChI=1S/C54H40N4/c1-3-38(17-14-16-37(2)57-47-26-12-10-24-45(47)51-49(57)30-28-39-32-34-55(53(39)51)42-19-6-4-7-20-42)41-18-15-23-44(36-41)58-48-27-13-11-25-46(48)52-50(58)31-29-40-33-35-56(54(40)52)43-21-8-5-9-22-43/h3-37H,1H2,2H3/b16-14-,38-17+. The predicted molar refractivity (Wildman–Crippen MR) is 246 cm³/mol. The Hall–Kier alpha value is -7.56. The Bertz CT molecular complexity index is 3420. The molecule has 1 atom stereocenters. The largest absolute Gasteiger partial charge is 0.334 e. The lowest BCUT2D eigenvalue weighted by molar-refractivity contribution is 0.710. The predicted octanol–water partition coefficient (Wildman–Crippen LogP) is 14.2. The van der Waals surface area contributed by atoms with Crippen molar-refractivity contribution >= 4 is 71.0 Å². The second-order valence-electron chi connectivity index (χ2n) is 15.1. The van der Waals surface area contributed by atoms with E-state index in [2.05, 4.69) is 232 Å². The molecule has 0 amide bonds. The van der Waals surface area contributed by atoms with E-state index in [9.17, 15) is 0 Å². The molecule has 0 radical (unpaired) electrons. The highest BCUT2D eigenvalue weighted by Gasteiger charge is 2.20. The number of nitrogens with zero attached hydrogens (tertiary/aromatic N) is 4. The minimum absolute atomic E-state index is 0.0953. The molecular weight excluding hydrogens is 705 g/mol. The maximum atomic E-state index is 4.26. The second-order valence-corrected chi connectivity index (χ2v) is 15.1. The Morgan fingerprint density at radius 3 is 1.72 bits per heavy atom. The fourth-order valence-electron chi connectivity index (χ4n) is 9.23. The molecule has 276 valence electrons. The Balaban J connectivity index is 0.989. The molecule has 4 nitrogen and oxygen atoms in total. The number of para-hydroxylation sites is 4. The molecule has 4 heteroatoms. The third-order valence-corrected chi connectivity index (χ3v) is 11.8. The lowest BCUT2D eigenvalue weighted by Gasteiger charge is -2.13.